The molecule has 6 nitrogen and oxygen atoms in total. The van der Waals surface area contributed by atoms with Crippen molar-refractivity contribution in [3.63, 3.8) is 0 Å². The Labute approximate surface area is 162 Å². The Morgan fingerprint density at radius 1 is 1.15 bits per heavy atom. The van der Waals surface area contributed by atoms with Crippen LogP contribution in [-0.2, 0) is 9.53 Å². The number of hydrogen-bond donors (Lipinski definition) is 1. The number of Topliss-reactive ketones (excluding diaryl/α,β-unsaturated/α-hetero) is 1. The van der Waals surface area contributed by atoms with Crippen molar-refractivity contribution < 1.29 is 19.1 Å². The Morgan fingerprint density at radius 2 is 1.85 bits per heavy atom. The Bertz CT molecular complexity index is 880. The van der Waals surface area contributed by atoms with E-state index in [4.69, 9.17) is 21.1 Å². The molecule has 0 spiro atoms. The fourth-order valence-corrected chi connectivity index (χ4v) is 3.25. The lowest BCUT2D eigenvalue weighted by atomic mass is 9.85. The number of rotatable bonds is 6. The smallest absolute Gasteiger partial charge is 0.331 e. The van der Waals surface area contributed by atoms with Crippen molar-refractivity contribution >= 4 is 29.1 Å². The second-order valence-electron chi connectivity index (χ2n) is 5.91. The summed E-state index contributed by atoms with van der Waals surface area (Å²) < 4.78 is 10.3. The van der Waals surface area contributed by atoms with Gasteiger partial charge in [0.25, 0.3) is 0 Å². The van der Waals surface area contributed by atoms with Crippen LogP contribution in [0, 0.1) is 0 Å². The summed E-state index contributed by atoms with van der Waals surface area (Å²) in [5.41, 5.74) is 4.05. The third-order valence-electron chi connectivity index (χ3n) is 4.32. The molecule has 2 aromatic carbocycles. The van der Waals surface area contributed by atoms with Gasteiger partial charge in [0.1, 0.15) is 11.5 Å². The van der Waals surface area contributed by atoms with Crippen LogP contribution in [0.2, 0.25) is 5.02 Å². The summed E-state index contributed by atoms with van der Waals surface area (Å²) in [6.45, 7) is 1.95. The van der Waals surface area contributed by atoms with Crippen molar-refractivity contribution in [2.24, 2.45) is 5.10 Å². The standard InChI is InChI=1S/C20H19ClN2O4/c1-3-27-20(25)18-16(14-6-4-5-7-15(14)21)17(22-23-18)19(24)12-8-10-13(26-2)11-9-12/h4-11,16,18,23H,3H2,1-2H3/t16-,18-/m0/s1. The molecule has 27 heavy (non-hydrogen) atoms. The molecule has 2 aromatic rings. The van der Waals surface area contributed by atoms with E-state index >= 15 is 0 Å². The highest BCUT2D eigenvalue weighted by Crippen LogP contribution is 2.33. The van der Waals surface area contributed by atoms with Gasteiger partial charge in [0.15, 0.2) is 6.04 Å². The molecule has 0 unspecified atom stereocenters. The molecule has 0 bridgehead atoms. The predicted octanol–water partition coefficient (Wildman–Crippen LogP) is 3.21. The zero-order chi connectivity index (χ0) is 19.4. The monoisotopic (exact) mass is 386 g/mol. The van der Waals surface area contributed by atoms with Gasteiger partial charge in [-0.2, -0.15) is 5.10 Å². The molecule has 2 atom stereocenters. The number of carbonyl (C=O) groups excluding carboxylic acids is 2. The molecule has 7 heteroatoms. The summed E-state index contributed by atoms with van der Waals surface area (Å²) in [5, 5.41) is 4.62. The van der Waals surface area contributed by atoms with Gasteiger partial charge < -0.3 is 9.47 Å². The molecule has 3 rings (SSSR count). The van der Waals surface area contributed by atoms with Crippen LogP contribution >= 0.6 is 11.6 Å². The van der Waals surface area contributed by atoms with Crippen LogP contribution in [0.15, 0.2) is 53.6 Å². The van der Waals surface area contributed by atoms with Gasteiger partial charge in [-0.3, -0.25) is 10.2 Å². The average Bonchev–Trinajstić information content (AvgIpc) is 3.13. The first kappa shape index (κ1) is 18.9. The third kappa shape index (κ3) is 3.80. The molecule has 140 valence electrons. The minimum Gasteiger partial charge on any atom is -0.497 e. The zero-order valence-corrected chi connectivity index (χ0v) is 15.7. The quantitative estimate of drug-likeness (QED) is 0.609. The maximum atomic E-state index is 13.1. The average molecular weight is 387 g/mol. The second kappa shape index (κ2) is 8.22. The van der Waals surface area contributed by atoms with Crippen LogP contribution in [0.4, 0.5) is 0 Å². The SMILES string of the molecule is CCOC(=O)[C@H]1NN=C(C(=O)c2ccc(OC)cc2)[C@@H]1c1ccccc1Cl. The van der Waals surface area contributed by atoms with E-state index in [1.54, 1.807) is 62.6 Å². The molecule has 0 aliphatic carbocycles. The number of halogens is 1. The van der Waals surface area contributed by atoms with E-state index in [2.05, 4.69) is 10.5 Å². The maximum Gasteiger partial charge on any atom is 0.331 e. The molecule has 0 radical (unpaired) electrons. The molecule has 1 N–H and O–H groups in total. The normalized spacial score (nSPS) is 18.4. The molecule has 1 aliphatic heterocycles. The predicted molar refractivity (Wildman–Crippen MR) is 103 cm³/mol. The lowest BCUT2D eigenvalue weighted by Gasteiger charge is -2.20. The highest BCUT2D eigenvalue weighted by Gasteiger charge is 2.42. The molecule has 0 saturated carbocycles. The topological polar surface area (TPSA) is 77.0 Å². The Morgan fingerprint density at radius 3 is 2.48 bits per heavy atom. The first-order valence-corrected chi connectivity index (χ1v) is 8.87. The number of carbonyl (C=O) groups is 2. The van der Waals surface area contributed by atoms with Gasteiger partial charge in [-0.05, 0) is 42.8 Å². The van der Waals surface area contributed by atoms with Crippen LogP contribution in [-0.4, -0.2) is 37.2 Å². The number of methoxy groups -OCH3 is 1. The Balaban J connectivity index is 1.98. The number of esters is 1. The van der Waals surface area contributed by atoms with Gasteiger partial charge in [-0.15, -0.1) is 0 Å². The number of hydrogen-bond acceptors (Lipinski definition) is 6. The Kier molecular flexibility index (Phi) is 5.76. The highest BCUT2D eigenvalue weighted by atomic mass is 35.5. The molecular formula is C20H19ClN2O4. The number of ether oxygens (including phenoxy) is 2. The minimum absolute atomic E-state index is 0.214. The molecule has 0 amide bonds. The van der Waals surface area contributed by atoms with E-state index in [1.165, 1.54) is 0 Å². The van der Waals surface area contributed by atoms with Gasteiger partial charge in [0.2, 0.25) is 5.78 Å². The third-order valence-corrected chi connectivity index (χ3v) is 4.66. The van der Waals surface area contributed by atoms with Gasteiger partial charge in [-0.25, -0.2) is 4.79 Å². The van der Waals surface area contributed by atoms with Crippen LogP contribution in [0.3, 0.4) is 0 Å². The molecule has 0 fully saturated rings. The largest absolute Gasteiger partial charge is 0.497 e. The van der Waals surface area contributed by atoms with E-state index < -0.39 is 17.9 Å². The molecule has 1 heterocycles. The van der Waals surface area contributed by atoms with Gasteiger partial charge in [0.05, 0.1) is 19.6 Å². The fourth-order valence-electron chi connectivity index (χ4n) is 3.00. The van der Waals surface area contributed by atoms with E-state index in [-0.39, 0.29) is 18.1 Å². The molecular weight excluding hydrogens is 368 g/mol. The lowest BCUT2D eigenvalue weighted by molar-refractivity contribution is -0.145. The first-order valence-electron chi connectivity index (χ1n) is 8.49. The molecule has 0 aromatic heterocycles. The number of nitrogens with one attached hydrogen (secondary N) is 1. The highest BCUT2D eigenvalue weighted by molar-refractivity contribution is 6.49. The summed E-state index contributed by atoms with van der Waals surface area (Å²) in [5.74, 6) is -0.775. The van der Waals surface area contributed by atoms with E-state index in [0.29, 0.717) is 21.9 Å². The number of nitrogens with zero attached hydrogens (tertiary/aromatic N) is 1. The zero-order valence-electron chi connectivity index (χ0n) is 14.9. The molecule has 0 saturated heterocycles. The van der Waals surface area contributed by atoms with E-state index in [9.17, 15) is 9.59 Å². The summed E-state index contributed by atoms with van der Waals surface area (Å²) in [6, 6.07) is 13.0. The van der Waals surface area contributed by atoms with Crippen molar-refractivity contribution in [1.29, 1.82) is 0 Å². The maximum absolute atomic E-state index is 13.1. The molecule has 1 aliphatic rings. The van der Waals surface area contributed by atoms with Crippen LogP contribution in [0.5, 0.6) is 5.75 Å². The fraction of sp³-hybridized carbons (Fsp3) is 0.250. The number of hydrazone groups is 1. The summed E-state index contributed by atoms with van der Waals surface area (Å²) in [6.07, 6.45) is 0. The first-order chi connectivity index (χ1) is 13.1. The number of benzene rings is 2. The van der Waals surface area contributed by atoms with Gasteiger partial charge in [0, 0.05) is 10.6 Å². The van der Waals surface area contributed by atoms with Crippen molar-refractivity contribution in [3.05, 3.63) is 64.7 Å². The lowest BCUT2D eigenvalue weighted by Crippen LogP contribution is -2.38. The van der Waals surface area contributed by atoms with Crippen molar-refractivity contribution in [2.75, 3.05) is 13.7 Å². The van der Waals surface area contributed by atoms with Crippen molar-refractivity contribution in [3.8, 4) is 5.75 Å². The summed E-state index contributed by atoms with van der Waals surface area (Å²) in [7, 11) is 1.55. The second-order valence-corrected chi connectivity index (χ2v) is 6.32. The van der Waals surface area contributed by atoms with E-state index in [1.807, 2.05) is 0 Å². The van der Waals surface area contributed by atoms with Gasteiger partial charge in [-0.1, -0.05) is 29.8 Å². The van der Waals surface area contributed by atoms with Crippen molar-refractivity contribution in [2.45, 2.75) is 18.9 Å². The van der Waals surface area contributed by atoms with Crippen LogP contribution in [0.25, 0.3) is 0 Å². The summed E-state index contributed by atoms with van der Waals surface area (Å²) >= 11 is 6.34. The van der Waals surface area contributed by atoms with Gasteiger partial charge >= 0.3 is 5.97 Å². The Hall–Kier alpha value is -2.86. The van der Waals surface area contributed by atoms with Crippen molar-refractivity contribution in [1.82, 2.24) is 5.43 Å². The number of ketones is 1. The minimum atomic E-state index is -0.818. The summed E-state index contributed by atoms with van der Waals surface area (Å²) in [4.78, 5) is 25.5. The van der Waals surface area contributed by atoms with Crippen LogP contribution in [0.1, 0.15) is 28.8 Å². The van der Waals surface area contributed by atoms with Crippen LogP contribution < -0.4 is 10.2 Å². The van der Waals surface area contributed by atoms with E-state index in [0.717, 1.165) is 0 Å².